The number of benzene rings is 1. The molecular formula is C20H22F2N2O4. The summed E-state index contributed by atoms with van der Waals surface area (Å²) in [5, 5.41) is 0. The van der Waals surface area contributed by atoms with Crippen molar-refractivity contribution in [1.29, 1.82) is 0 Å². The van der Waals surface area contributed by atoms with Gasteiger partial charge in [-0.3, -0.25) is 9.78 Å². The van der Waals surface area contributed by atoms with E-state index in [4.69, 9.17) is 9.47 Å². The summed E-state index contributed by atoms with van der Waals surface area (Å²) in [5.74, 6) is -0.294. The summed E-state index contributed by atoms with van der Waals surface area (Å²) < 4.78 is 40.2. The van der Waals surface area contributed by atoms with Gasteiger partial charge in [-0.25, -0.2) is 0 Å². The molecule has 1 aromatic heterocycles. The van der Waals surface area contributed by atoms with E-state index in [1.807, 2.05) is 12.1 Å². The second kappa shape index (κ2) is 9.45. The van der Waals surface area contributed by atoms with E-state index in [2.05, 4.69) is 9.72 Å². The van der Waals surface area contributed by atoms with E-state index < -0.39 is 6.61 Å². The molecule has 0 saturated carbocycles. The van der Waals surface area contributed by atoms with Gasteiger partial charge in [0.2, 0.25) is 0 Å². The van der Waals surface area contributed by atoms with Crippen LogP contribution in [0.3, 0.4) is 0 Å². The Labute approximate surface area is 162 Å². The lowest BCUT2D eigenvalue weighted by atomic mass is 10.1. The van der Waals surface area contributed by atoms with E-state index in [0.717, 1.165) is 18.4 Å². The maximum atomic E-state index is 13.1. The lowest BCUT2D eigenvalue weighted by molar-refractivity contribution is -0.0512. The first-order chi connectivity index (χ1) is 13.6. The molecular weight excluding hydrogens is 370 g/mol. The Morgan fingerprint density at radius 2 is 2.21 bits per heavy atom. The number of hydrogen-bond acceptors (Lipinski definition) is 5. The van der Waals surface area contributed by atoms with Crippen LogP contribution in [0.4, 0.5) is 8.78 Å². The molecule has 1 atom stereocenters. The van der Waals surface area contributed by atoms with E-state index in [1.165, 1.54) is 25.3 Å². The van der Waals surface area contributed by atoms with Crippen molar-refractivity contribution in [3.63, 3.8) is 0 Å². The van der Waals surface area contributed by atoms with Gasteiger partial charge in [0, 0.05) is 37.7 Å². The van der Waals surface area contributed by atoms with Crippen LogP contribution in [0.1, 0.15) is 28.8 Å². The number of pyridine rings is 1. The van der Waals surface area contributed by atoms with Gasteiger partial charge in [0.25, 0.3) is 5.91 Å². The van der Waals surface area contributed by atoms with E-state index in [1.54, 1.807) is 17.3 Å². The van der Waals surface area contributed by atoms with Crippen molar-refractivity contribution in [2.24, 2.45) is 0 Å². The molecule has 2 heterocycles. The molecule has 1 fully saturated rings. The normalized spacial score (nSPS) is 16.2. The summed E-state index contributed by atoms with van der Waals surface area (Å²) in [7, 11) is 1.34. The van der Waals surface area contributed by atoms with Gasteiger partial charge in [0.15, 0.2) is 11.5 Å². The summed E-state index contributed by atoms with van der Waals surface area (Å²) >= 11 is 0. The number of ether oxygens (including phenoxy) is 3. The first kappa shape index (κ1) is 20.0. The Morgan fingerprint density at radius 1 is 1.36 bits per heavy atom. The van der Waals surface area contributed by atoms with Gasteiger partial charge in [-0.15, -0.1) is 0 Å². The van der Waals surface area contributed by atoms with Crippen LogP contribution < -0.4 is 9.47 Å². The minimum atomic E-state index is -2.97. The number of carbonyl (C=O) groups excluding carboxylic acids is 1. The molecule has 0 radical (unpaired) electrons. The van der Waals surface area contributed by atoms with Crippen molar-refractivity contribution in [2.75, 3.05) is 20.3 Å². The predicted molar refractivity (Wildman–Crippen MR) is 97.6 cm³/mol. The van der Waals surface area contributed by atoms with E-state index in [-0.39, 0.29) is 23.5 Å². The lowest BCUT2D eigenvalue weighted by Crippen LogP contribution is -2.37. The molecule has 1 unspecified atom stereocenters. The van der Waals surface area contributed by atoms with Crippen molar-refractivity contribution in [1.82, 2.24) is 9.88 Å². The van der Waals surface area contributed by atoms with Crippen LogP contribution in [0.15, 0.2) is 42.7 Å². The van der Waals surface area contributed by atoms with Crippen LogP contribution in [0.2, 0.25) is 0 Å². The lowest BCUT2D eigenvalue weighted by Gasteiger charge is -2.26. The van der Waals surface area contributed by atoms with Crippen LogP contribution in [0, 0.1) is 0 Å². The molecule has 150 valence electrons. The zero-order valence-electron chi connectivity index (χ0n) is 15.5. The standard InChI is InChI=1S/C20H22F2N2O4/c1-26-18-10-15(6-7-17(18)28-20(21)22)19(25)24(13-16-5-3-9-27-16)12-14-4-2-8-23-11-14/h2,4,6-8,10-11,16,20H,3,5,9,12-13H2,1H3. The van der Waals surface area contributed by atoms with Crippen LogP contribution in [-0.2, 0) is 11.3 Å². The maximum Gasteiger partial charge on any atom is 0.387 e. The van der Waals surface area contributed by atoms with Crippen molar-refractivity contribution in [2.45, 2.75) is 32.1 Å². The van der Waals surface area contributed by atoms with Gasteiger partial charge in [-0.05, 0) is 42.7 Å². The van der Waals surface area contributed by atoms with Crippen LogP contribution in [0.25, 0.3) is 0 Å². The molecule has 0 aliphatic carbocycles. The van der Waals surface area contributed by atoms with Crippen LogP contribution in [-0.4, -0.2) is 48.8 Å². The molecule has 6 nitrogen and oxygen atoms in total. The fraction of sp³-hybridized carbons (Fsp3) is 0.400. The average molecular weight is 392 g/mol. The van der Waals surface area contributed by atoms with Crippen molar-refractivity contribution < 1.29 is 27.8 Å². The topological polar surface area (TPSA) is 60.9 Å². The van der Waals surface area contributed by atoms with E-state index >= 15 is 0 Å². The fourth-order valence-corrected chi connectivity index (χ4v) is 3.14. The second-order valence-electron chi connectivity index (χ2n) is 6.43. The number of hydrogen-bond donors (Lipinski definition) is 0. The van der Waals surface area contributed by atoms with Gasteiger partial charge in [0.05, 0.1) is 13.2 Å². The highest BCUT2D eigenvalue weighted by Crippen LogP contribution is 2.30. The molecule has 28 heavy (non-hydrogen) atoms. The number of halogens is 2. The van der Waals surface area contributed by atoms with Gasteiger partial charge in [-0.2, -0.15) is 8.78 Å². The minimum absolute atomic E-state index is 0.0241. The van der Waals surface area contributed by atoms with Crippen LogP contribution >= 0.6 is 0 Å². The van der Waals surface area contributed by atoms with Gasteiger partial charge in [0.1, 0.15) is 0 Å². The zero-order valence-corrected chi connectivity index (χ0v) is 15.5. The van der Waals surface area contributed by atoms with Gasteiger partial charge in [-0.1, -0.05) is 6.07 Å². The van der Waals surface area contributed by atoms with Gasteiger partial charge < -0.3 is 19.1 Å². The summed E-state index contributed by atoms with van der Waals surface area (Å²) in [6, 6.07) is 7.87. The van der Waals surface area contributed by atoms with E-state index in [0.29, 0.717) is 25.3 Å². The number of methoxy groups -OCH3 is 1. The predicted octanol–water partition coefficient (Wildman–Crippen LogP) is 3.51. The quantitative estimate of drug-likeness (QED) is 0.688. The number of aromatic nitrogens is 1. The third-order valence-electron chi connectivity index (χ3n) is 4.46. The zero-order chi connectivity index (χ0) is 19.9. The smallest absolute Gasteiger partial charge is 0.387 e. The highest BCUT2D eigenvalue weighted by molar-refractivity contribution is 5.95. The van der Waals surface area contributed by atoms with Gasteiger partial charge >= 0.3 is 6.61 Å². The van der Waals surface area contributed by atoms with E-state index in [9.17, 15) is 13.6 Å². The van der Waals surface area contributed by atoms with Crippen molar-refractivity contribution in [3.8, 4) is 11.5 Å². The molecule has 1 aliphatic rings. The summed E-state index contributed by atoms with van der Waals surface area (Å²) in [4.78, 5) is 18.9. The average Bonchev–Trinajstić information content (AvgIpc) is 3.21. The second-order valence-corrected chi connectivity index (χ2v) is 6.43. The Morgan fingerprint density at radius 3 is 2.86 bits per heavy atom. The Bertz CT molecular complexity index is 783. The molecule has 0 N–H and O–H groups in total. The first-order valence-corrected chi connectivity index (χ1v) is 8.99. The number of rotatable bonds is 8. The highest BCUT2D eigenvalue weighted by Gasteiger charge is 2.25. The SMILES string of the molecule is COc1cc(C(=O)N(Cc2cccnc2)CC2CCCO2)ccc1OC(F)F. The monoisotopic (exact) mass is 392 g/mol. The highest BCUT2D eigenvalue weighted by atomic mass is 19.3. The molecule has 1 aliphatic heterocycles. The minimum Gasteiger partial charge on any atom is -0.493 e. The number of nitrogens with zero attached hydrogens (tertiary/aromatic N) is 2. The number of carbonyl (C=O) groups is 1. The molecule has 2 aromatic rings. The Balaban J connectivity index is 1.82. The maximum absolute atomic E-state index is 13.1. The summed E-state index contributed by atoms with van der Waals surface area (Å²) in [6.45, 7) is -1.49. The third-order valence-corrected chi connectivity index (χ3v) is 4.46. The van der Waals surface area contributed by atoms with Crippen molar-refractivity contribution in [3.05, 3.63) is 53.9 Å². The molecule has 1 saturated heterocycles. The molecule has 0 spiro atoms. The fourth-order valence-electron chi connectivity index (χ4n) is 3.14. The molecule has 3 rings (SSSR count). The molecule has 0 bridgehead atoms. The third kappa shape index (κ3) is 5.16. The Kier molecular flexibility index (Phi) is 6.76. The largest absolute Gasteiger partial charge is 0.493 e. The summed E-state index contributed by atoms with van der Waals surface area (Å²) in [6.07, 6.45) is 5.20. The molecule has 8 heteroatoms. The first-order valence-electron chi connectivity index (χ1n) is 8.99. The molecule has 1 amide bonds. The van der Waals surface area contributed by atoms with Crippen molar-refractivity contribution >= 4 is 5.91 Å². The number of alkyl halides is 2. The molecule has 1 aromatic carbocycles. The summed E-state index contributed by atoms with van der Waals surface area (Å²) in [5.41, 5.74) is 1.21. The Hall–Kier alpha value is -2.74. The van der Waals surface area contributed by atoms with Crippen LogP contribution in [0.5, 0.6) is 11.5 Å². The number of amides is 1.